The van der Waals surface area contributed by atoms with Crippen LogP contribution in [0.4, 0.5) is 0 Å². The van der Waals surface area contributed by atoms with Gasteiger partial charge in [0, 0.05) is 7.11 Å². The minimum Gasteiger partial charge on any atom is -0.480 e. The van der Waals surface area contributed by atoms with Crippen LogP contribution < -0.4 is 5.32 Å². The minimum atomic E-state index is -1.14. The van der Waals surface area contributed by atoms with Gasteiger partial charge in [-0.3, -0.25) is 4.79 Å². The first kappa shape index (κ1) is 13.0. The first-order chi connectivity index (χ1) is 7.54. The monoisotopic (exact) mass is 263 g/mol. The van der Waals surface area contributed by atoms with Gasteiger partial charge in [-0.25, -0.2) is 4.79 Å². The molecule has 0 radical (unpaired) electrons. The molecular formula is C9H10ClNO4S. The molecule has 0 aromatic carbocycles. The maximum atomic E-state index is 11.6. The number of thiophene rings is 1. The molecule has 0 fully saturated rings. The summed E-state index contributed by atoms with van der Waals surface area (Å²) in [5, 5.41) is 11.1. The molecular weight excluding hydrogens is 254 g/mol. The molecule has 88 valence electrons. The first-order valence-electron chi connectivity index (χ1n) is 4.32. The van der Waals surface area contributed by atoms with E-state index >= 15 is 0 Å². The van der Waals surface area contributed by atoms with Crippen LogP contribution in [0, 0.1) is 0 Å². The van der Waals surface area contributed by atoms with Crippen LogP contribution in [0.2, 0.25) is 4.34 Å². The third-order valence-corrected chi connectivity index (χ3v) is 2.96. The molecule has 2 N–H and O–H groups in total. The van der Waals surface area contributed by atoms with Gasteiger partial charge in [-0.15, -0.1) is 11.3 Å². The molecule has 0 saturated heterocycles. The van der Waals surface area contributed by atoms with Crippen molar-refractivity contribution in [2.45, 2.75) is 6.04 Å². The summed E-state index contributed by atoms with van der Waals surface area (Å²) < 4.78 is 5.16. The number of carbonyl (C=O) groups excluding carboxylic acids is 1. The van der Waals surface area contributed by atoms with Gasteiger partial charge in [0.15, 0.2) is 6.04 Å². The Bertz CT molecular complexity index is 393. The van der Waals surface area contributed by atoms with Crippen molar-refractivity contribution in [2.75, 3.05) is 13.7 Å². The van der Waals surface area contributed by atoms with E-state index in [4.69, 9.17) is 16.7 Å². The second-order valence-electron chi connectivity index (χ2n) is 2.92. The molecule has 1 aromatic rings. The zero-order valence-electron chi connectivity index (χ0n) is 8.40. The molecule has 0 aliphatic carbocycles. The highest BCUT2D eigenvalue weighted by Crippen LogP contribution is 2.21. The molecule has 1 amide bonds. The van der Waals surface area contributed by atoms with Gasteiger partial charge in [-0.05, 0) is 12.1 Å². The number of rotatable bonds is 5. The summed E-state index contributed by atoms with van der Waals surface area (Å²) in [7, 11) is 1.37. The number of hydrogen-bond donors (Lipinski definition) is 2. The topological polar surface area (TPSA) is 75.6 Å². The lowest BCUT2D eigenvalue weighted by molar-refractivity contribution is -0.140. The second-order valence-corrected chi connectivity index (χ2v) is 4.64. The Morgan fingerprint density at radius 2 is 2.31 bits per heavy atom. The Morgan fingerprint density at radius 3 is 2.75 bits per heavy atom. The fourth-order valence-corrected chi connectivity index (χ4v) is 1.95. The van der Waals surface area contributed by atoms with Crippen LogP contribution in [-0.4, -0.2) is 36.7 Å². The molecule has 1 aromatic heterocycles. The molecule has 7 heteroatoms. The smallest absolute Gasteiger partial charge is 0.328 e. The average molecular weight is 264 g/mol. The molecule has 16 heavy (non-hydrogen) atoms. The Kier molecular flexibility index (Phi) is 4.72. The maximum Gasteiger partial charge on any atom is 0.328 e. The Balaban J connectivity index is 2.65. The Hall–Kier alpha value is -1.11. The summed E-state index contributed by atoms with van der Waals surface area (Å²) in [4.78, 5) is 22.7. The van der Waals surface area contributed by atoms with Crippen LogP contribution in [-0.2, 0) is 9.53 Å². The number of amides is 1. The second kappa shape index (κ2) is 5.83. The van der Waals surface area contributed by atoms with E-state index in [1.807, 2.05) is 0 Å². The van der Waals surface area contributed by atoms with Crippen molar-refractivity contribution in [1.82, 2.24) is 5.32 Å². The van der Waals surface area contributed by atoms with Crippen LogP contribution >= 0.6 is 22.9 Å². The van der Waals surface area contributed by atoms with Crippen LogP contribution in [0.1, 0.15) is 9.67 Å². The van der Waals surface area contributed by atoms with Crippen molar-refractivity contribution in [1.29, 1.82) is 0 Å². The van der Waals surface area contributed by atoms with E-state index < -0.39 is 17.9 Å². The Morgan fingerprint density at radius 1 is 1.62 bits per heavy atom. The van der Waals surface area contributed by atoms with E-state index in [0.717, 1.165) is 11.3 Å². The number of carbonyl (C=O) groups is 2. The number of halogens is 1. The van der Waals surface area contributed by atoms with Crippen LogP contribution in [0.25, 0.3) is 0 Å². The quantitative estimate of drug-likeness (QED) is 0.838. The normalized spacial score (nSPS) is 12.1. The maximum absolute atomic E-state index is 11.6. The number of methoxy groups -OCH3 is 1. The van der Waals surface area contributed by atoms with Gasteiger partial charge in [0.25, 0.3) is 5.91 Å². The van der Waals surface area contributed by atoms with Crippen molar-refractivity contribution in [3.63, 3.8) is 0 Å². The molecule has 0 spiro atoms. The standard InChI is InChI=1S/C9H10ClNO4S/c1-15-4-5(9(13)14)11-8(12)6-2-3-7(10)16-6/h2-3,5H,4H2,1H3,(H,11,12)(H,13,14). The van der Waals surface area contributed by atoms with Gasteiger partial charge < -0.3 is 15.2 Å². The van der Waals surface area contributed by atoms with E-state index in [1.54, 1.807) is 6.07 Å². The third kappa shape index (κ3) is 3.48. The number of carboxylic acid groups (broad SMARTS) is 1. The molecule has 0 bridgehead atoms. The summed E-state index contributed by atoms with van der Waals surface area (Å²) in [6.07, 6.45) is 0. The average Bonchev–Trinajstić information content (AvgIpc) is 2.64. The number of carboxylic acids is 1. The van der Waals surface area contributed by atoms with Crippen LogP contribution in [0.15, 0.2) is 12.1 Å². The van der Waals surface area contributed by atoms with Crippen molar-refractivity contribution >= 4 is 34.8 Å². The van der Waals surface area contributed by atoms with Crippen molar-refractivity contribution < 1.29 is 19.4 Å². The Labute approximate surface area is 101 Å². The molecule has 1 heterocycles. The number of aliphatic carboxylic acids is 1. The van der Waals surface area contributed by atoms with Gasteiger partial charge in [0.05, 0.1) is 15.8 Å². The summed E-state index contributed by atoms with van der Waals surface area (Å²) in [6, 6.07) is 2.06. The predicted molar refractivity (Wildman–Crippen MR) is 60.1 cm³/mol. The summed E-state index contributed by atoms with van der Waals surface area (Å²) >= 11 is 6.75. The lowest BCUT2D eigenvalue weighted by atomic mass is 10.3. The van der Waals surface area contributed by atoms with Gasteiger partial charge in [0.2, 0.25) is 0 Å². The van der Waals surface area contributed by atoms with E-state index in [0.29, 0.717) is 9.21 Å². The number of nitrogens with one attached hydrogen (secondary N) is 1. The molecule has 0 aliphatic rings. The van der Waals surface area contributed by atoms with Gasteiger partial charge in [0.1, 0.15) is 0 Å². The molecule has 1 rings (SSSR count). The highest BCUT2D eigenvalue weighted by Gasteiger charge is 2.21. The van der Waals surface area contributed by atoms with Gasteiger partial charge in [-0.2, -0.15) is 0 Å². The van der Waals surface area contributed by atoms with Crippen molar-refractivity contribution in [3.05, 3.63) is 21.3 Å². The van der Waals surface area contributed by atoms with E-state index in [1.165, 1.54) is 13.2 Å². The van der Waals surface area contributed by atoms with Gasteiger partial charge in [-0.1, -0.05) is 11.6 Å². The SMILES string of the molecule is COCC(NC(=O)c1ccc(Cl)s1)C(=O)O. The van der Waals surface area contributed by atoms with Crippen molar-refractivity contribution in [3.8, 4) is 0 Å². The zero-order chi connectivity index (χ0) is 12.1. The third-order valence-electron chi connectivity index (χ3n) is 1.73. The van der Waals surface area contributed by atoms with Gasteiger partial charge >= 0.3 is 5.97 Å². The highest BCUT2D eigenvalue weighted by atomic mass is 35.5. The lowest BCUT2D eigenvalue weighted by Gasteiger charge is -2.12. The van der Waals surface area contributed by atoms with Crippen molar-refractivity contribution in [2.24, 2.45) is 0 Å². The van der Waals surface area contributed by atoms with E-state index in [2.05, 4.69) is 10.1 Å². The largest absolute Gasteiger partial charge is 0.480 e. The predicted octanol–water partition coefficient (Wildman–Crippen LogP) is 1.23. The van der Waals surface area contributed by atoms with Crippen LogP contribution in [0.5, 0.6) is 0 Å². The molecule has 0 aliphatic heterocycles. The fourth-order valence-electron chi connectivity index (χ4n) is 1.01. The summed E-state index contributed by atoms with van der Waals surface area (Å²) in [6.45, 7) is -0.0832. The zero-order valence-corrected chi connectivity index (χ0v) is 9.97. The summed E-state index contributed by atoms with van der Waals surface area (Å²) in [5.74, 6) is -1.61. The number of hydrogen-bond acceptors (Lipinski definition) is 4. The molecule has 5 nitrogen and oxygen atoms in total. The molecule has 1 unspecified atom stereocenters. The lowest BCUT2D eigenvalue weighted by Crippen LogP contribution is -2.43. The summed E-state index contributed by atoms with van der Waals surface area (Å²) in [5.41, 5.74) is 0. The fraction of sp³-hybridized carbons (Fsp3) is 0.333. The molecule has 0 saturated carbocycles. The number of ether oxygens (including phenoxy) is 1. The minimum absolute atomic E-state index is 0.0832. The van der Waals surface area contributed by atoms with E-state index in [9.17, 15) is 9.59 Å². The first-order valence-corrected chi connectivity index (χ1v) is 5.52. The van der Waals surface area contributed by atoms with Crippen LogP contribution in [0.3, 0.4) is 0 Å². The molecule has 1 atom stereocenters. The van der Waals surface area contributed by atoms with E-state index in [-0.39, 0.29) is 6.61 Å². The highest BCUT2D eigenvalue weighted by molar-refractivity contribution is 7.18.